The third-order valence-electron chi connectivity index (χ3n) is 3.39. The number of hydrogen-bond acceptors (Lipinski definition) is 2. The van der Waals surface area contributed by atoms with Crippen molar-refractivity contribution in [1.82, 2.24) is 0 Å². The molecule has 90 valence electrons. The van der Waals surface area contributed by atoms with Crippen LogP contribution in [0.4, 0.5) is 0 Å². The summed E-state index contributed by atoms with van der Waals surface area (Å²) < 4.78 is 0. The molecule has 2 heteroatoms. The van der Waals surface area contributed by atoms with Crippen LogP contribution in [-0.2, 0) is 0 Å². The molecule has 2 atom stereocenters. The van der Waals surface area contributed by atoms with Gasteiger partial charge in [-0.15, -0.1) is 11.8 Å². The third-order valence-corrected chi connectivity index (χ3v) is 4.65. The summed E-state index contributed by atoms with van der Waals surface area (Å²) in [7, 11) is 0. The van der Waals surface area contributed by atoms with E-state index < -0.39 is 4.93 Å². The zero-order chi connectivity index (χ0) is 11.4. The summed E-state index contributed by atoms with van der Waals surface area (Å²) >= 11 is 1.65. The molecule has 1 aliphatic heterocycles. The Balaban J connectivity index is 1.58. The van der Waals surface area contributed by atoms with Gasteiger partial charge in [0.25, 0.3) is 0 Å². The van der Waals surface area contributed by atoms with Gasteiger partial charge in [0.2, 0.25) is 0 Å². The first-order valence-electron chi connectivity index (χ1n) is 6.55. The summed E-state index contributed by atoms with van der Waals surface area (Å²) in [6.07, 6.45) is 15.7. The molecule has 2 unspecified atom stereocenters. The van der Waals surface area contributed by atoms with E-state index in [4.69, 9.17) is 0 Å². The zero-order valence-corrected chi connectivity index (χ0v) is 10.9. The van der Waals surface area contributed by atoms with E-state index in [1.807, 2.05) is 6.08 Å². The van der Waals surface area contributed by atoms with Gasteiger partial charge in [-0.2, -0.15) is 0 Å². The minimum Gasteiger partial charge on any atom is -0.374 e. The van der Waals surface area contributed by atoms with Crippen molar-refractivity contribution in [3.8, 4) is 0 Å². The van der Waals surface area contributed by atoms with Crippen LogP contribution in [0, 0.1) is 0 Å². The lowest BCUT2D eigenvalue weighted by Crippen LogP contribution is -2.11. The summed E-state index contributed by atoms with van der Waals surface area (Å²) in [5.74, 6) is 0. The van der Waals surface area contributed by atoms with Crippen LogP contribution in [0.1, 0.15) is 51.9 Å². The van der Waals surface area contributed by atoms with Gasteiger partial charge in [-0.05, 0) is 18.9 Å². The van der Waals surface area contributed by atoms with Crippen molar-refractivity contribution in [2.24, 2.45) is 0 Å². The van der Waals surface area contributed by atoms with E-state index in [1.165, 1.54) is 50.5 Å². The standard InChI is InChI=1S/C14H22OS/c1-2-3-4-5-6-7-8-12-9-10-14(15)13(11-12)16-14/h9-11,13,15H,2-8H2,1H3. The lowest BCUT2D eigenvalue weighted by atomic mass is 9.99. The van der Waals surface area contributed by atoms with Crippen molar-refractivity contribution < 1.29 is 5.11 Å². The molecule has 0 spiro atoms. The zero-order valence-electron chi connectivity index (χ0n) is 10.1. The Morgan fingerprint density at radius 1 is 1.25 bits per heavy atom. The number of fused-ring (bicyclic) bond motifs is 1. The number of thioether (sulfide) groups is 1. The maximum absolute atomic E-state index is 9.77. The third kappa shape index (κ3) is 3.14. The minimum absolute atomic E-state index is 0.354. The van der Waals surface area contributed by atoms with Crippen molar-refractivity contribution in [2.45, 2.75) is 62.1 Å². The largest absolute Gasteiger partial charge is 0.374 e. The second kappa shape index (κ2) is 5.42. The van der Waals surface area contributed by atoms with E-state index in [0.717, 1.165) is 0 Å². The Bertz CT molecular complexity index is 295. The molecule has 1 fully saturated rings. The van der Waals surface area contributed by atoms with Gasteiger partial charge in [0.15, 0.2) is 0 Å². The number of allylic oxidation sites excluding steroid dienone is 2. The molecule has 1 aliphatic carbocycles. The maximum Gasteiger partial charge on any atom is 0.145 e. The van der Waals surface area contributed by atoms with E-state index in [2.05, 4.69) is 19.1 Å². The molecular formula is C14H22OS. The molecular weight excluding hydrogens is 216 g/mol. The van der Waals surface area contributed by atoms with Crippen molar-refractivity contribution in [3.05, 3.63) is 23.8 Å². The molecule has 1 saturated heterocycles. The van der Waals surface area contributed by atoms with Crippen LogP contribution in [0.2, 0.25) is 0 Å². The van der Waals surface area contributed by atoms with E-state index in [9.17, 15) is 5.11 Å². The molecule has 2 rings (SSSR count). The van der Waals surface area contributed by atoms with E-state index in [0.29, 0.717) is 5.25 Å². The minimum atomic E-state index is -0.523. The summed E-state index contributed by atoms with van der Waals surface area (Å²) in [6, 6.07) is 0. The van der Waals surface area contributed by atoms with Gasteiger partial charge in [0.1, 0.15) is 4.93 Å². The van der Waals surface area contributed by atoms with Crippen LogP contribution in [0.3, 0.4) is 0 Å². The summed E-state index contributed by atoms with van der Waals surface area (Å²) in [5, 5.41) is 10.1. The van der Waals surface area contributed by atoms with Gasteiger partial charge < -0.3 is 5.11 Å². The Hall–Kier alpha value is -0.210. The molecule has 0 aromatic rings. The van der Waals surface area contributed by atoms with Gasteiger partial charge >= 0.3 is 0 Å². The lowest BCUT2D eigenvalue weighted by Gasteiger charge is -2.08. The highest BCUT2D eigenvalue weighted by molar-refractivity contribution is 8.08. The molecule has 2 aliphatic rings. The second-order valence-electron chi connectivity index (χ2n) is 4.88. The van der Waals surface area contributed by atoms with Gasteiger partial charge in [0.05, 0.1) is 5.25 Å². The van der Waals surface area contributed by atoms with Crippen molar-refractivity contribution in [2.75, 3.05) is 0 Å². The van der Waals surface area contributed by atoms with Crippen molar-refractivity contribution >= 4 is 11.8 Å². The number of hydrogen-bond donors (Lipinski definition) is 1. The van der Waals surface area contributed by atoms with Crippen LogP contribution in [0.15, 0.2) is 23.8 Å². The fourth-order valence-electron chi connectivity index (χ4n) is 2.21. The average Bonchev–Trinajstić information content (AvgIpc) is 2.94. The van der Waals surface area contributed by atoms with Crippen LogP contribution in [-0.4, -0.2) is 15.3 Å². The fourth-order valence-corrected chi connectivity index (χ4v) is 3.08. The van der Waals surface area contributed by atoms with E-state index in [-0.39, 0.29) is 0 Å². The molecule has 0 amide bonds. The quantitative estimate of drug-likeness (QED) is 0.533. The van der Waals surface area contributed by atoms with Crippen molar-refractivity contribution in [1.29, 1.82) is 0 Å². The molecule has 1 nitrogen and oxygen atoms in total. The predicted molar refractivity (Wildman–Crippen MR) is 71.5 cm³/mol. The molecule has 1 N–H and O–H groups in total. The maximum atomic E-state index is 9.77. The molecule has 0 radical (unpaired) electrons. The predicted octanol–water partition coefficient (Wildman–Crippen LogP) is 4.04. The van der Waals surface area contributed by atoms with Crippen LogP contribution >= 0.6 is 11.8 Å². The number of rotatable bonds is 7. The fraction of sp³-hybridized carbons (Fsp3) is 0.714. The first-order valence-corrected chi connectivity index (χ1v) is 7.43. The summed E-state index contributed by atoms with van der Waals surface area (Å²) in [5.41, 5.74) is 1.43. The lowest BCUT2D eigenvalue weighted by molar-refractivity contribution is 0.228. The summed E-state index contributed by atoms with van der Waals surface area (Å²) in [6.45, 7) is 2.26. The Kier molecular flexibility index (Phi) is 4.15. The highest BCUT2D eigenvalue weighted by Crippen LogP contribution is 2.55. The van der Waals surface area contributed by atoms with Crippen LogP contribution in [0.5, 0.6) is 0 Å². The molecule has 0 bridgehead atoms. The Labute approximate surface area is 103 Å². The van der Waals surface area contributed by atoms with E-state index >= 15 is 0 Å². The molecule has 0 aromatic heterocycles. The molecule has 0 saturated carbocycles. The highest BCUT2D eigenvalue weighted by Gasteiger charge is 2.52. The van der Waals surface area contributed by atoms with Gasteiger partial charge in [-0.25, -0.2) is 0 Å². The second-order valence-corrected chi connectivity index (χ2v) is 6.28. The first-order chi connectivity index (χ1) is 7.74. The molecule has 1 heterocycles. The van der Waals surface area contributed by atoms with Crippen LogP contribution in [0.25, 0.3) is 0 Å². The van der Waals surface area contributed by atoms with Gasteiger partial charge in [-0.1, -0.05) is 56.8 Å². The number of aliphatic hydroxyl groups is 1. The molecule has 0 aromatic carbocycles. The van der Waals surface area contributed by atoms with Gasteiger partial charge in [0, 0.05) is 0 Å². The average molecular weight is 238 g/mol. The Morgan fingerprint density at radius 2 is 2.00 bits per heavy atom. The first kappa shape index (κ1) is 12.3. The van der Waals surface area contributed by atoms with Crippen LogP contribution < -0.4 is 0 Å². The van der Waals surface area contributed by atoms with Crippen molar-refractivity contribution in [3.63, 3.8) is 0 Å². The highest BCUT2D eigenvalue weighted by atomic mass is 32.2. The Morgan fingerprint density at radius 3 is 2.75 bits per heavy atom. The monoisotopic (exact) mass is 238 g/mol. The SMILES string of the molecule is CCCCCCCCC1=CC2SC2(O)C=C1. The summed E-state index contributed by atoms with van der Waals surface area (Å²) in [4.78, 5) is -0.523. The topological polar surface area (TPSA) is 20.2 Å². The van der Waals surface area contributed by atoms with E-state index in [1.54, 1.807) is 11.8 Å². The normalized spacial score (nSPS) is 31.1. The smallest absolute Gasteiger partial charge is 0.145 e. The van der Waals surface area contributed by atoms with Gasteiger partial charge in [-0.3, -0.25) is 0 Å². The molecule has 16 heavy (non-hydrogen) atoms. The number of unbranched alkanes of at least 4 members (excludes halogenated alkanes) is 5.